The Hall–Kier alpha value is -0.453. The Labute approximate surface area is 97.9 Å². The van der Waals surface area contributed by atoms with Crippen molar-refractivity contribution in [2.45, 2.75) is 42.8 Å². The van der Waals surface area contributed by atoms with Crippen LogP contribution in [0, 0.1) is 0 Å². The summed E-state index contributed by atoms with van der Waals surface area (Å²) in [6.45, 7) is -0.157. The van der Waals surface area contributed by atoms with E-state index in [1.165, 1.54) is 0 Å². The van der Waals surface area contributed by atoms with Crippen LogP contribution in [0.3, 0.4) is 0 Å². The highest BCUT2D eigenvalue weighted by atomic mass is 28.2. The molecule has 0 spiro atoms. The highest BCUT2D eigenvalue weighted by molar-refractivity contribution is 6.25. The third-order valence-corrected chi connectivity index (χ3v) is 2.68. The zero-order valence-electron chi connectivity index (χ0n) is 8.63. The van der Waals surface area contributed by atoms with Crippen molar-refractivity contribution in [1.82, 2.24) is 0 Å². The van der Waals surface area contributed by atoms with Crippen molar-refractivity contribution in [3.05, 3.63) is 0 Å². The summed E-state index contributed by atoms with van der Waals surface area (Å²) in [4.78, 5) is 8.05. The summed E-state index contributed by atoms with van der Waals surface area (Å²) < 4.78 is 114. The molecule has 0 bridgehead atoms. The van der Waals surface area contributed by atoms with Crippen LogP contribution < -0.4 is 0 Å². The lowest BCUT2D eigenvalue weighted by molar-refractivity contribution is -0.370. The molecule has 0 aromatic carbocycles. The lowest BCUT2D eigenvalue weighted by Gasteiger charge is -2.37. The maximum atomic E-state index is 12.8. The SMILES string of the molecule is CC(F)C(F)(F)C(F)(F)C(F)(F)C(F)(F)C[Si]O. The number of rotatable bonds is 6. The lowest BCUT2D eigenvalue weighted by Crippen LogP contribution is -2.64. The molecule has 0 heterocycles. The standard InChI is InChI=1S/C7H7F9OSi/c1-3(8)5(11,12)7(15,16)6(13,14)4(9,10)2-18-17/h3,17H,2H2,1H3. The molecule has 11 heteroatoms. The van der Waals surface area contributed by atoms with Crippen LogP contribution >= 0.6 is 0 Å². The fraction of sp³-hybridized carbons (Fsp3) is 1.00. The van der Waals surface area contributed by atoms with Crippen LogP contribution in [0.15, 0.2) is 0 Å². The minimum absolute atomic E-state index is 0.157. The minimum Gasteiger partial charge on any atom is -0.431 e. The van der Waals surface area contributed by atoms with Crippen molar-refractivity contribution in [3.63, 3.8) is 0 Å². The summed E-state index contributed by atoms with van der Waals surface area (Å²) in [6, 6.07) is -2.13. The minimum atomic E-state index is -6.60. The lowest BCUT2D eigenvalue weighted by atomic mass is 9.97. The van der Waals surface area contributed by atoms with E-state index >= 15 is 0 Å². The Kier molecular flexibility index (Phi) is 4.78. The van der Waals surface area contributed by atoms with Crippen LogP contribution in [0.25, 0.3) is 0 Å². The Balaban J connectivity index is 5.58. The second-order valence-corrected chi connectivity index (χ2v) is 4.10. The van der Waals surface area contributed by atoms with Crippen molar-refractivity contribution >= 4 is 9.76 Å². The summed E-state index contributed by atoms with van der Waals surface area (Å²) in [5.41, 5.74) is 0. The van der Waals surface area contributed by atoms with Gasteiger partial charge in [-0.25, -0.2) is 4.39 Å². The number of hydrogen-bond donors (Lipinski definition) is 1. The van der Waals surface area contributed by atoms with Gasteiger partial charge in [0.15, 0.2) is 6.17 Å². The number of alkyl halides is 9. The second-order valence-electron chi connectivity index (χ2n) is 3.43. The van der Waals surface area contributed by atoms with Crippen LogP contribution in [0.4, 0.5) is 39.5 Å². The quantitative estimate of drug-likeness (QED) is 0.591. The van der Waals surface area contributed by atoms with E-state index in [0.717, 1.165) is 0 Å². The van der Waals surface area contributed by atoms with Gasteiger partial charge in [0.2, 0.25) is 9.76 Å². The first-order valence-corrected chi connectivity index (χ1v) is 5.43. The Bertz CT molecular complexity index is 291. The van der Waals surface area contributed by atoms with E-state index in [1.54, 1.807) is 0 Å². The topological polar surface area (TPSA) is 20.2 Å². The molecule has 0 aliphatic heterocycles. The summed E-state index contributed by atoms with van der Waals surface area (Å²) in [5, 5.41) is 0. The van der Waals surface area contributed by atoms with E-state index in [1.807, 2.05) is 0 Å². The van der Waals surface area contributed by atoms with E-state index in [9.17, 15) is 39.5 Å². The summed E-state index contributed by atoms with van der Waals surface area (Å²) >= 11 is 0. The van der Waals surface area contributed by atoms with Gasteiger partial charge in [-0.15, -0.1) is 0 Å². The van der Waals surface area contributed by atoms with Gasteiger partial charge in [-0.2, -0.15) is 35.1 Å². The molecule has 0 amide bonds. The van der Waals surface area contributed by atoms with E-state index < -0.39 is 45.7 Å². The molecular formula is C7H7F9OSi. The van der Waals surface area contributed by atoms with Crippen molar-refractivity contribution < 1.29 is 44.3 Å². The van der Waals surface area contributed by atoms with Gasteiger partial charge in [0.1, 0.15) is 0 Å². The highest BCUT2D eigenvalue weighted by Crippen LogP contribution is 2.54. The average molecular weight is 306 g/mol. The van der Waals surface area contributed by atoms with E-state index in [0.29, 0.717) is 0 Å². The molecule has 0 rings (SSSR count). The highest BCUT2D eigenvalue weighted by Gasteiger charge is 2.81. The molecule has 1 atom stereocenters. The van der Waals surface area contributed by atoms with Gasteiger partial charge >= 0.3 is 23.7 Å². The van der Waals surface area contributed by atoms with Crippen molar-refractivity contribution in [2.75, 3.05) is 0 Å². The van der Waals surface area contributed by atoms with Crippen LogP contribution in [-0.2, 0) is 0 Å². The Morgan fingerprint density at radius 1 is 0.944 bits per heavy atom. The van der Waals surface area contributed by atoms with Crippen LogP contribution in [-0.4, -0.2) is 44.4 Å². The second kappa shape index (κ2) is 4.91. The maximum absolute atomic E-state index is 12.8. The zero-order valence-corrected chi connectivity index (χ0v) is 9.63. The third-order valence-electron chi connectivity index (χ3n) is 2.07. The normalized spacial score (nSPS) is 16.8. The summed E-state index contributed by atoms with van der Waals surface area (Å²) in [7, 11) is -1.86. The van der Waals surface area contributed by atoms with Crippen LogP contribution in [0.2, 0.25) is 6.04 Å². The molecule has 0 aromatic rings. The molecular weight excluding hydrogens is 299 g/mol. The van der Waals surface area contributed by atoms with Crippen LogP contribution in [0.5, 0.6) is 0 Å². The monoisotopic (exact) mass is 306 g/mol. The average Bonchev–Trinajstić information content (AvgIpc) is 2.16. The molecule has 108 valence electrons. The van der Waals surface area contributed by atoms with Gasteiger partial charge in [-0.3, -0.25) is 0 Å². The van der Waals surface area contributed by atoms with E-state index in [-0.39, 0.29) is 6.92 Å². The molecule has 0 saturated heterocycles. The molecule has 1 N–H and O–H groups in total. The molecule has 1 nitrogen and oxygen atoms in total. The number of halogens is 9. The summed E-state index contributed by atoms with van der Waals surface area (Å²) in [5.74, 6) is -24.7. The molecule has 0 aromatic heterocycles. The fourth-order valence-corrected chi connectivity index (χ4v) is 1.32. The van der Waals surface area contributed by atoms with Gasteiger partial charge < -0.3 is 4.80 Å². The van der Waals surface area contributed by atoms with Gasteiger partial charge in [0, 0.05) is 6.04 Å². The van der Waals surface area contributed by atoms with Crippen molar-refractivity contribution in [1.29, 1.82) is 0 Å². The smallest absolute Gasteiger partial charge is 0.381 e. The predicted octanol–water partition coefficient (Wildman–Crippen LogP) is 2.92. The molecule has 0 aliphatic rings. The third kappa shape index (κ3) is 2.46. The largest absolute Gasteiger partial charge is 0.431 e. The Morgan fingerprint density at radius 2 is 1.33 bits per heavy atom. The first kappa shape index (κ1) is 17.5. The first-order valence-electron chi connectivity index (χ1n) is 4.28. The molecule has 0 fully saturated rings. The fourth-order valence-electron chi connectivity index (χ4n) is 0.899. The molecule has 2 radical (unpaired) electrons. The first-order chi connectivity index (χ1) is 7.75. The van der Waals surface area contributed by atoms with Crippen LogP contribution in [0.1, 0.15) is 6.92 Å². The van der Waals surface area contributed by atoms with Gasteiger partial charge in [0.25, 0.3) is 0 Å². The van der Waals surface area contributed by atoms with Gasteiger partial charge in [0.05, 0.1) is 0 Å². The van der Waals surface area contributed by atoms with Gasteiger partial charge in [-0.1, -0.05) is 0 Å². The Morgan fingerprint density at radius 3 is 1.61 bits per heavy atom. The summed E-state index contributed by atoms with van der Waals surface area (Å²) in [6.07, 6.45) is -3.76. The number of hydrogen-bond acceptors (Lipinski definition) is 1. The van der Waals surface area contributed by atoms with E-state index in [4.69, 9.17) is 4.80 Å². The zero-order chi connectivity index (χ0) is 15.0. The molecule has 0 aliphatic carbocycles. The van der Waals surface area contributed by atoms with Gasteiger partial charge in [-0.05, 0) is 6.92 Å². The van der Waals surface area contributed by atoms with E-state index in [2.05, 4.69) is 0 Å². The van der Waals surface area contributed by atoms with Crippen molar-refractivity contribution in [2.24, 2.45) is 0 Å². The molecule has 0 saturated carbocycles. The molecule has 1 unspecified atom stereocenters. The predicted molar refractivity (Wildman–Crippen MR) is 43.1 cm³/mol. The molecule has 18 heavy (non-hydrogen) atoms. The van der Waals surface area contributed by atoms with Crippen molar-refractivity contribution in [3.8, 4) is 0 Å². The maximum Gasteiger partial charge on any atom is 0.381 e.